The fourth-order valence-corrected chi connectivity index (χ4v) is 3.40. The fourth-order valence-electron chi connectivity index (χ4n) is 3.40. The molecule has 2 atom stereocenters. The Morgan fingerprint density at radius 1 is 1.36 bits per heavy atom. The highest BCUT2D eigenvalue weighted by Gasteiger charge is 2.31. The Kier molecular flexibility index (Phi) is 5.58. The minimum Gasteiger partial charge on any atom is -0.479 e. The molecule has 2 aliphatic heterocycles. The second kappa shape index (κ2) is 7.87. The monoisotopic (exact) mass is 346 g/mol. The van der Waals surface area contributed by atoms with Crippen molar-refractivity contribution in [2.45, 2.75) is 32.8 Å². The summed E-state index contributed by atoms with van der Waals surface area (Å²) >= 11 is 0. The summed E-state index contributed by atoms with van der Waals surface area (Å²) in [5.74, 6) is 1.10. The van der Waals surface area contributed by atoms with Crippen LogP contribution in [-0.2, 0) is 14.3 Å². The van der Waals surface area contributed by atoms with Gasteiger partial charge in [0.05, 0.1) is 12.3 Å². The van der Waals surface area contributed by atoms with Crippen LogP contribution in [0.4, 0.5) is 5.69 Å². The zero-order chi connectivity index (χ0) is 17.8. The first-order valence-electron chi connectivity index (χ1n) is 9.02. The molecule has 2 heterocycles. The van der Waals surface area contributed by atoms with E-state index in [9.17, 15) is 9.59 Å². The lowest BCUT2D eigenvalue weighted by Gasteiger charge is -2.33. The summed E-state index contributed by atoms with van der Waals surface area (Å²) in [6, 6.07) is 7.47. The molecule has 1 aromatic carbocycles. The first-order valence-corrected chi connectivity index (χ1v) is 9.02. The number of benzene rings is 1. The van der Waals surface area contributed by atoms with Gasteiger partial charge in [-0.15, -0.1) is 0 Å². The van der Waals surface area contributed by atoms with Gasteiger partial charge in [-0.3, -0.25) is 9.59 Å². The number of rotatable bonds is 6. The molecule has 25 heavy (non-hydrogen) atoms. The number of carbonyl (C=O) groups excluding carboxylic acids is 2. The predicted molar refractivity (Wildman–Crippen MR) is 94.7 cm³/mol. The van der Waals surface area contributed by atoms with Gasteiger partial charge in [-0.05, 0) is 32.4 Å². The van der Waals surface area contributed by atoms with Gasteiger partial charge in [-0.1, -0.05) is 12.1 Å². The Balaban J connectivity index is 1.63. The molecular formula is C19H26N2O4. The van der Waals surface area contributed by atoms with Crippen LogP contribution < -0.4 is 9.64 Å². The van der Waals surface area contributed by atoms with Gasteiger partial charge in [0.15, 0.2) is 6.10 Å². The maximum Gasteiger partial charge on any atom is 0.267 e. The maximum absolute atomic E-state index is 12.6. The molecule has 1 aromatic rings. The van der Waals surface area contributed by atoms with Gasteiger partial charge in [0.2, 0.25) is 5.91 Å². The number of hydrogen-bond donors (Lipinski definition) is 0. The van der Waals surface area contributed by atoms with Gasteiger partial charge in [-0.25, -0.2) is 0 Å². The molecule has 0 spiro atoms. The molecule has 0 radical (unpaired) electrons. The van der Waals surface area contributed by atoms with Gasteiger partial charge in [0, 0.05) is 38.6 Å². The summed E-state index contributed by atoms with van der Waals surface area (Å²) in [6.07, 6.45) is 0.799. The molecule has 136 valence electrons. The average Bonchev–Trinajstić information content (AvgIpc) is 3.13. The smallest absolute Gasteiger partial charge is 0.267 e. The zero-order valence-electron chi connectivity index (χ0n) is 14.9. The quantitative estimate of drug-likeness (QED) is 0.791. The largest absolute Gasteiger partial charge is 0.479 e. The third kappa shape index (κ3) is 3.95. The lowest BCUT2D eigenvalue weighted by Crippen LogP contribution is -2.46. The first-order chi connectivity index (χ1) is 12.1. The normalized spacial score (nSPS) is 22.5. The van der Waals surface area contributed by atoms with E-state index in [2.05, 4.69) is 0 Å². The second-order valence-corrected chi connectivity index (χ2v) is 6.63. The maximum atomic E-state index is 12.6. The summed E-state index contributed by atoms with van der Waals surface area (Å²) in [5, 5.41) is 0. The topological polar surface area (TPSA) is 59.1 Å². The van der Waals surface area contributed by atoms with Gasteiger partial charge >= 0.3 is 0 Å². The van der Waals surface area contributed by atoms with Crippen molar-refractivity contribution in [2.75, 3.05) is 37.7 Å². The minimum absolute atomic E-state index is 0.0822. The summed E-state index contributed by atoms with van der Waals surface area (Å²) in [7, 11) is 0. The highest BCUT2D eigenvalue weighted by Crippen LogP contribution is 2.33. The molecule has 6 heteroatoms. The minimum atomic E-state index is -0.525. The van der Waals surface area contributed by atoms with Crippen molar-refractivity contribution >= 4 is 17.5 Å². The van der Waals surface area contributed by atoms with Crippen LogP contribution in [0.1, 0.15) is 26.7 Å². The highest BCUT2D eigenvalue weighted by molar-refractivity contribution is 6.00. The van der Waals surface area contributed by atoms with E-state index < -0.39 is 6.10 Å². The van der Waals surface area contributed by atoms with Crippen LogP contribution in [0.5, 0.6) is 5.75 Å². The Bertz CT molecular complexity index is 628. The first kappa shape index (κ1) is 17.7. The third-order valence-corrected chi connectivity index (χ3v) is 4.86. The molecule has 2 aliphatic rings. The van der Waals surface area contributed by atoms with E-state index in [1.54, 1.807) is 11.8 Å². The van der Waals surface area contributed by atoms with Crippen LogP contribution in [-0.4, -0.2) is 55.7 Å². The van der Waals surface area contributed by atoms with E-state index in [1.165, 1.54) is 0 Å². The molecule has 0 saturated carbocycles. The third-order valence-electron chi connectivity index (χ3n) is 4.86. The van der Waals surface area contributed by atoms with E-state index >= 15 is 0 Å². The standard InChI is InChI=1S/C19H26N2O4/c1-3-20(12-15-9-11-24-13-15)18(22)8-10-21-16-6-4-5-7-17(16)25-14(2)19(21)23/h4-7,14-15H,3,8-13H2,1-2H3. The van der Waals surface area contributed by atoms with E-state index in [0.717, 1.165) is 31.9 Å². The molecule has 1 saturated heterocycles. The van der Waals surface area contributed by atoms with Crippen LogP contribution >= 0.6 is 0 Å². The van der Waals surface area contributed by atoms with Crippen LogP contribution in [0.3, 0.4) is 0 Å². The van der Waals surface area contributed by atoms with Crippen molar-refractivity contribution < 1.29 is 19.1 Å². The molecule has 2 amide bonds. The molecule has 0 N–H and O–H groups in total. The summed E-state index contributed by atoms with van der Waals surface area (Å²) < 4.78 is 11.0. The van der Waals surface area contributed by atoms with Crippen LogP contribution in [0.25, 0.3) is 0 Å². The number of carbonyl (C=O) groups is 2. The van der Waals surface area contributed by atoms with Gasteiger partial charge in [0.1, 0.15) is 5.75 Å². The van der Waals surface area contributed by atoms with E-state index in [4.69, 9.17) is 9.47 Å². The van der Waals surface area contributed by atoms with Crippen molar-refractivity contribution in [3.8, 4) is 5.75 Å². The Hall–Kier alpha value is -2.08. The fraction of sp³-hybridized carbons (Fsp3) is 0.579. The molecule has 6 nitrogen and oxygen atoms in total. The van der Waals surface area contributed by atoms with Crippen LogP contribution in [0.2, 0.25) is 0 Å². The number of amides is 2. The van der Waals surface area contributed by atoms with E-state index in [-0.39, 0.29) is 11.8 Å². The Morgan fingerprint density at radius 3 is 2.88 bits per heavy atom. The number of anilines is 1. The van der Waals surface area contributed by atoms with Crippen molar-refractivity contribution in [3.63, 3.8) is 0 Å². The summed E-state index contributed by atoms with van der Waals surface area (Å²) in [6.45, 7) is 7.04. The Labute approximate surface area is 148 Å². The van der Waals surface area contributed by atoms with Crippen LogP contribution in [0.15, 0.2) is 24.3 Å². The number of nitrogens with zero attached hydrogens (tertiary/aromatic N) is 2. The van der Waals surface area contributed by atoms with Gasteiger partial charge < -0.3 is 19.3 Å². The SMILES string of the molecule is CCN(CC1CCOC1)C(=O)CCN1C(=O)C(C)Oc2ccccc21. The van der Waals surface area contributed by atoms with Crippen molar-refractivity contribution in [1.82, 2.24) is 4.90 Å². The zero-order valence-corrected chi connectivity index (χ0v) is 14.9. The Morgan fingerprint density at radius 2 is 2.16 bits per heavy atom. The van der Waals surface area contributed by atoms with Crippen molar-refractivity contribution in [2.24, 2.45) is 5.92 Å². The molecule has 0 aromatic heterocycles. The highest BCUT2D eigenvalue weighted by atomic mass is 16.5. The van der Waals surface area contributed by atoms with Crippen LogP contribution in [0, 0.1) is 5.92 Å². The second-order valence-electron chi connectivity index (χ2n) is 6.63. The number of ether oxygens (including phenoxy) is 2. The van der Waals surface area contributed by atoms with E-state index in [1.807, 2.05) is 36.1 Å². The number of hydrogen-bond acceptors (Lipinski definition) is 4. The summed E-state index contributed by atoms with van der Waals surface area (Å²) in [4.78, 5) is 28.6. The number of fused-ring (bicyclic) bond motifs is 1. The molecule has 1 fully saturated rings. The molecule has 0 bridgehead atoms. The van der Waals surface area contributed by atoms with Gasteiger partial charge in [0.25, 0.3) is 5.91 Å². The van der Waals surface area contributed by atoms with Gasteiger partial charge in [-0.2, -0.15) is 0 Å². The molecular weight excluding hydrogens is 320 g/mol. The molecule has 0 aliphatic carbocycles. The number of para-hydroxylation sites is 2. The summed E-state index contributed by atoms with van der Waals surface area (Å²) in [5.41, 5.74) is 0.741. The molecule has 3 rings (SSSR count). The van der Waals surface area contributed by atoms with E-state index in [0.29, 0.717) is 31.2 Å². The lowest BCUT2D eigenvalue weighted by molar-refractivity contribution is -0.131. The van der Waals surface area contributed by atoms with Crippen molar-refractivity contribution in [3.05, 3.63) is 24.3 Å². The van der Waals surface area contributed by atoms with Crippen molar-refractivity contribution in [1.29, 1.82) is 0 Å². The predicted octanol–water partition coefficient (Wildman–Crippen LogP) is 2.08. The average molecular weight is 346 g/mol. The lowest BCUT2D eigenvalue weighted by atomic mass is 10.1. The molecule has 2 unspecified atom stereocenters.